The van der Waals surface area contributed by atoms with Gasteiger partial charge in [-0.3, -0.25) is 0 Å². The van der Waals surface area contributed by atoms with E-state index < -0.39 is 0 Å². The van der Waals surface area contributed by atoms with Crippen LogP contribution in [0.1, 0.15) is 20.3 Å². The van der Waals surface area contributed by atoms with Crippen LogP contribution in [0.2, 0.25) is 0 Å². The third-order valence-electron chi connectivity index (χ3n) is 1.64. The van der Waals surface area contributed by atoms with Gasteiger partial charge in [0, 0.05) is 11.3 Å². The fourth-order valence-corrected chi connectivity index (χ4v) is 1.27. The quantitative estimate of drug-likeness (QED) is 0.597. The first-order chi connectivity index (χ1) is 4.06. The Labute approximate surface area is 71.5 Å². The van der Waals surface area contributed by atoms with Crippen molar-refractivity contribution in [2.24, 2.45) is 5.41 Å². The van der Waals surface area contributed by atoms with E-state index in [1.165, 1.54) is 0 Å². The molecule has 0 saturated carbocycles. The van der Waals surface area contributed by atoms with Crippen LogP contribution in [0.5, 0.6) is 0 Å². The van der Waals surface area contributed by atoms with E-state index in [0.29, 0.717) is 5.88 Å². The van der Waals surface area contributed by atoms with E-state index in [2.05, 4.69) is 0 Å². The summed E-state index contributed by atoms with van der Waals surface area (Å²) in [7, 11) is 0. The highest BCUT2D eigenvalue weighted by molar-refractivity contribution is 6.45. The second kappa shape index (κ2) is 3.90. The van der Waals surface area contributed by atoms with E-state index in [4.69, 9.17) is 34.8 Å². The van der Waals surface area contributed by atoms with Crippen molar-refractivity contribution >= 4 is 34.8 Å². The molecule has 0 heterocycles. The van der Waals surface area contributed by atoms with Gasteiger partial charge in [0.05, 0.1) is 0 Å². The molecule has 0 bridgehead atoms. The summed E-state index contributed by atoms with van der Waals surface area (Å²) in [5.41, 5.74) is -0.120. The molecule has 9 heavy (non-hydrogen) atoms. The molecule has 0 rings (SSSR count). The first-order valence-corrected chi connectivity index (χ1v) is 4.31. The van der Waals surface area contributed by atoms with E-state index >= 15 is 0 Å². The van der Waals surface area contributed by atoms with Gasteiger partial charge in [0.25, 0.3) is 0 Å². The summed E-state index contributed by atoms with van der Waals surface area (Å²) in [6, 6.07) is 0. The summed E-state index contributed by atoms with van der Waals surface area (Å²) >= 11 is 17.0. The zero-order valence-corrected chi connectivity index (χ0v) is 7.89. The second-order valence-corrected chi connectivity index (χ2v) is 3.81. The first-order valence-electron chi connectivity index (χ1n) is 2.91. The zero-order chi connectivity index (χ0) is 7.49. The van der Waals surface area contributed by atoms with E-state index in [1.54, 1.807) is 0 Å². The highest BCUT2D eigenvalue weighted by Crippen LogP contribution is 2.33. The Hall–Kier alpha value is 0.870. The van der Waals surface area contributed by atoms with Gasteiger partial charge in [-0.05, 0) is 6.42 Å². The molecule has 1 atom stereocenters. The lowest BCUT2D eigenvalue weighted by Crippen LogP contribution is -2.25. The van der Waals surface area contributed by atoms with Crippen LogP contribution in [0, 0.1) is 5.41 Å². The zero-order valence-electron chi connectivity index (χ0n) is 5.63. The molecule has 0 fully saturated rings. The summed E-state index contributed by atoms with van der Waals surface area (Å²) in [6.45, 7) is 4.00. The van der Waals surface area contributed by atoms with Gasteiger partial charge < -0.3 is 0 Å². The third kappa shape index (κ3) is 2.53. The Morgan fingerprint density at radius 1 is 1.44 bits per heavy atom. The van der Waals surface area contributed by atoms with E-state index in [0.717, 1.165) is 6.42 Å². The first kappa shape index (κ1) is 9.87. The van der Waals surface area contributed by atoms with Crippen LogP contribution in [0.4, 0.5) is 0 Å². The molecular weight excluding hydrogens is 178 g/mol. The number of hydrogen-bond acceptors (Lipinski definition) is 0. The van der Waals surface area contributed by atoms with Crippen molar-refractivity contribution in [3.63, 3.8) is 0 Å². The molecule has 1 unspecified atom stereocenters. The topological polar surface area (TPSA) is 0 Å². The monoisotopic (exact) mass is 188 g/mol. The lowest BCUT2D eigenvalue weighted by molar-refractivity contribution is 0.389. The molecule has 0 N–H and O–H groups in total. The van der Waals surface area contributed by atoms with Gasteiger partial charge in [-0.2, -0.15) is 0 Å². The number of alkyl halides is 3. The highest BCUT2D eigenvalue weighted by Gasteiger charge is 2.28. The molecular formula is C6H11Cl3. The van der Waals surface area contributed by atoms with Gasteiger partial charge in [-0.1, -0.05) is 13.8 Å². The SMILES string of the molecule is CCC(C)(CCl)C(Cl)Cl. The highest BCUT2D eigenvalue weighted by atomic mass is 35.5. The van der Waals surface area contributed by atoms with Crippen molar-refractivity contribution in [2.45, 2.75) is 25.1 Å². The third-order valence-corrected chi connectivity index (χ3v) is 3.30. The molecule has 0 aromatic carbocycles. The molecule has 56 valence electrons. The minimum absolute atomic E-state index is 0.120. The number of halogens is 3. The number of rotatable bonds is 3. The maximum Gasteiger partial charge on any atom is 0.114 e. The Morgan fingerprint density at radius 2 is 1.89 bits per heavy atom. The van der Waals surface area contributed by atoms with E-state index in [1.807, 2.05) is 13.8 Å². The minimum Gasteiger partial charge on any atom is -0.126 e. The van der Waals surface area contributed by atoms with Crippen molar-refractivity contribution in [3.8, 4) is 0 Å². The Morgan fingerprint density at radius 3 is 1.89 bits per heavy atom. The molecule has 0 nitrogen and oxygen atoms in total. The minimum atomic E-state index is -0.361. The predicted molar refractivity (Wildman–Crippen MR) is 44.6 cm³/mol. The molecule has 0 aliphatic carbocycles. The molecule has 3 heteroatoms. The Kier molecular flexibility index (Phi) is 4.28. The van der Waals surface area contributed by atoms with E-state index in [-0.39, 0.29) is 10.3 Å². The van der Waals surface area contributed by atoms with Gasteiger partial charge in [0.1, 0.15) is 4.84 Å². The predicted octanol–water partition coefficient (Wildman–Crippen LogP) is 3.45. The van der Waals surface area contributed by atoms with Crippen LogP contribution in [0.25, 0.3) is 0 Å². The standard InChI is InChI=1S/C6H11Cl3/c1-3-6(2,4-7)5(8)9/h5H,3-4H2,1-2H3. The molecule has 0 spiro atoms. The fraction of sp³-hybridized carbons (Fsp3) is 1.00. The molecule has 0 aromatic rings. The van der Waals surface area contributed by atoms with Crippen LogP contribution in [-0.4, -0.2) is 10.7 Å². The fourth-order valence-electron chi connectivity index (χ4n) is 0.307. The smallest absolute Gasteiger partial charge is 0.114 e. The average molecular weight is 190 g/mol. The van der Waals surface area contributed by atoms with Gasteiger partial charge in [0.15, 0.2) is 0 Å². The second-order valence-electron chi connectivity index (χ2n) is 2.44. The number of hydrogen-bond donors (Lipinski definition) is 0. The van der Waals surface area contributed by atoms with Crippen molar-refractivity contribution in [1.29, 1.82) is 0 Å². The summed E-state index contributed by atoms with van der Waals surface area (Å²) in [5.74, 6) is 0.515. The van der Waals surface area contributed by atoms with Gasteiger partial charge in [-0.15, -0.1) is 34.8 Å². The molecule has 0 aliphatic rings. The molecule has 0 aromatic heterocycles. The maximum atomic E-state index is 5.67. The van der Waals surface area contributed by atoms with E-state index in [9.17, 15) is 0 Å². The maximum absolute atomic E-state index is 5.67. The van der Waals surface area contributed by atoms with Gasteiger partial charge in [-0.25, -0.2) is 0 Å². The summed E-state index contributed by atoms with van der Waals surface area (Å²) in [5, 5.41) is 0. The summed E-state index contributed by atoms with van der Waals surface area (Å²) in [4.78, 5) is -0.361. The van der Waals surface area contributed by atoms with Crippen LogP contribution in [0.15, 0.2) is 0 Å². The average Bonchev–Trinajstić information content (AvgIpc) is 1.86. The van der Waals surface area contributed by atoms with Crippen molar-refractivity contribution in [1.82, 2.24) is 0 Å². The summed E-state index contributed by atoms with van der Waals surface area (Å²) < 4.78 is 0. The van der Waals surface area contributed by atoms with Crippen LogP contribution < -0.4 is 0 Å². The van der Waals surface area contributed by atoms with Crippen LogP contribution in [-0.2, 0) is 0 Å². The molecule has 0 amide bonds. The molecule has 0 saturated heterocycles. The molecule has 0 radical (unpaired) electrons. The summed E-state index contributed by atoms with van der Waals surface area (Å²) in [6.07, 6.45) is 0.911. The molecule has 0 aliphatic heterocycles. The largest absolute Gasteiger partial charge is 0.126 e. The van der Waals surface area contributed by atoms with Crippen LogP contribution in [0.3, 0.4) is 0 Å². The Bertz CT molecular complexity index is 76.4. The van der Waals surface area contributed by atoms with Crippen LogP contribution >= 0.6 is 34.8 Å². The Balaban J connectivity index is 3.92. The van der Waals surface area contributed by atoms with Gasteiger partial charge in [0.2, 0.25) is 0 Å². The normalized spacial score (nSPS) is 18.0. The lowest BCUT2D eigenvalue weighted by Gasteiger charge is -2.26. The van der Waals surface area contributed by atoms with Crippen molar-refractivity contribution in [3.05, 3.63) is 0 Å². The van der Waals surface area contributed by atoms with Gasteiger partial charge >= 0.3 is 0 Å². The van der Waals surface area contributed by atoms with Crippen molar-refractivity contribution < 1.29 is 0 Å². The van der Waals surface area contributed by atoms with Crippen molar-refractivity contribution in [2.75, 3.05) is 5.88 Å². The lowest BCUT2D eigenvalue weighted by atomic mass is 9.93.